The SMILES string of the molecule is CCCNCc1cc(S(=O)(=O)N2CCS(=O)(=O)CC2)cs1. The van der Waals surface area contributed by atoms with E-state index in [9.17, 15) is 16.8 Å². The molecule has 0 bridgehead atoms. The van der Waals surface area contributed by atoms with Crippen molar-refractivity contribution in [2.75, 3.05) is 31.1 Å². The molecule has 2 rings (SSSR count). The van der Waals surface area contributed by atoms with Crippen LogP contribution in [0.15, 0.2) is 16.3 Å². The number of thiophene rings is 1. The normalized spacial score (nSPS) is 19.7. The molecule has 6 nitrogen and oxygen atoms in total. The maximum absolute atomic E-state index is 12.5. The van der Waals surface area contributed by atoms with E-state index in [0.717, 1.165) is 17.8 Å². The summed E-state index contributed by atoms with van der Waals surface area (Å²) in [6, 6.07) is 1.67. The molecule has 0 radical (unpaired) electrons. The van der Waals surface area contributed by atoms with E-state index in [2.05, 4.69) is 12.2 Å². The molecule has 1 aliphatic heterocycles. The van der Waals surface area contributed by atoms with E-state index in [1.807, 2.05) is 0 Å². The maximum Gasteiger partial charge on any atom is 0.243 e. The number of sulfonamides is 1. The monoisotopic (exact) mass is 352 g/mol. The minimum absolute atomic E-state index is 0.0456. The molecule has 0 spiro atoms. The summed E-state index contributed by atoms with van der Waals surface area (Å²) in [4.78, 5) is 1.23. The van der Waals surface area contributed by atoms with Crippen LogP contribution in [0.2, 0.25) is 0 Å². The lowest BCUT2D eigenvalue weighted by atomic mass is 10.4. The highest BCUT2D eigenvalue weighted by atomic mass is 32.2. The van der Waals surface area contributed by atoms with Gasteiger partial charge in [0.25, 0.3) is 0 Å². The first-order valence-corrected chi connectivity index (χ1v) is 11.0. The zero-order chi connectivity index (χ0) is 15.5. The highest BCUT2D eigenvalue weighted by Gasteiger charge is 2.31. The van der Waals surface area contributed by atoms with Crippen molar-refractivity contribution in [1.82, 2.24) is 9.62 Å². The van der Waals surface area contributed by atoms with Crippen molar-refractivity contribution in [1.29, 1.82) is 0 Å². The minimum atomic E-state index is -3.57. The van der Waals surface area contributed by atoms with Crippen molar-refractivity contribution in [3.05, 3.63) is 16.3 Å². The Morgan fingerprint density at radius 3 is 2.62 bits per heavy atom. The van der Waals surface area contributed by atoms with E-state index in [1.54, 1.807) is 11.4 Å². The Morgan fingerprint density at radius 2 is 2.00 bits per heavy atom. The Labute approximate surface area is 130 Å². The van der Waals surface area contributed by atoms with Crippen molar-refractivity contribution in [3.63, 3.8) is 0 Å². The van der Waals surface area contributed by atoms with E-state index in [-0.39, 0.29) is 29.5 Å². The van der Waals surface area contributed by atoms with Crippen LogP contribution in [-0.4, -0.2) is 52.3 Å². The lowest BCUT2D eigenvalue weighted by Crippen LogP contribution is -2.43. The number of nitrogens with zero attached hydrogens (tertiary/aromatic N) is 1. The fourth-order valence-corrected chi connectivity index (χ4v) is 6.17. The van der Waals surface area contributed by atoms with Crippen molar-refractivity contribution < 1.29 is 16.8 Å². The molecule has 21 heavy (non-hydrogen) atoms. The van der Waals surface area contributed by atoms with Crippen LogP contribution in [0.1, 0.15) is 18.2 Å². The molecule has 1 saturated heterocycles. The quantitative estimate of drug-likeness (QED) is 0.761. The molecule has 0 saturated carbocycles. The van der Waals surface area contributed by atoms with Gasteiger partial charge in [0.2, 0.25) is 10.0 Å². The molecule has 0 aliphatic carbocycles. The van der Waals surface area contributed by atoms with Crippen LogP contribution in [0.4, 0.5) is 0 Å². The van der Waals surface area contributed by atoms with Gasteiger partial charge >= 0.3 is 0 Å². The topological polar surface area (TPSA) is 83.6 Å². The first-order chi connectivity index (χ1) is 9.85. The Kier molecular flexibility index (Phi) is 5.42. The fraction of sp³-hybridized carbons (Fsp3) is 0.667. The van der Waals surface area contributed by atoms with Crippen LogP contribution < -0.4 is 5.32 Å². The lowest BCUT2D eigenvalue weighted by molar-refractivity contribution is 0.431. The average molecular weight is 353 g/mol. The number of rotatable bonds is 6. The Balaban J connectivity index is 2.06. The molecule has 1 aromatic heterocycles. The van der Waals surface area contributed by atoms with E-state index in [1.165, 1.54) is 15.6 Å². The Hall–Kier alpha value is -0.480. The number of hydrogen-bond acceptors (Lipinski definition) is 6. The molecular weight excluding hydrogens is 332 g/mol. The molecule has 0 unspecified atom stereocenters. The van der Waals surface area contributed by atoms with Gasteiger partial charge in [-0.1, -0.05) is 6.92 Å². The third-order valence-electron chi connectivity index (χ3n) is 3.30. The highest BCUT2D eigenvalue weighted by Crippen LogP contribution is 2.24. The summed E-state index contributed by atoms with van der Waals surface area (Å²) in [6.07, 6.45) is 1.03. The molecule has 1 aliphatic rings. The summed E-state index contributed by atoms with van der Waals surface area (Å²) < 4.78 is 48.9. The van der Waals surface area contributed by atoms with Gasteiger partial charge in [-0.15, -0.1) is 11.3 Å². The average Bonchev–Trinajstić information content (AvgIpc) is 2.88. The van der Waals surface area contributed by atoms with Crippen molar-refractivity contribution in [3.8, 4) is 0 Å². The summed E-state index contributed by atoms with van der Waals surface area (Å²) in [6.45, 7) is 3.71. The van der Waals surface area contributed by atoms with Gasteiger partial charge in [-0.3, -0.25) is 0 Å². The second-order valence-electron chi connectivity index (χ2n) is 4.98. The number of hydrogen-bond donors (Lipinski definition) is 1. The van der Waals surface area contributed by atoms with Gasteiger partial charge in [-0.2, -0.15) is 4.31 Å². The molecule has 120 valence electrons. The van der Waals surface area contributed by atoms with Gasteiger partial charge in [-0.05, 0) is 19.0 Å². The lowest BCUT2D eigenvalue weighted by Gasteiger charge is -2.25. The van der Waals surface area contributed by atoms with Gasteiger partial charge in [-0.25, -0.2) is 16.8 Å². The van der Waals surface area contributed by atoms with Crippen LogP contribution in [0.25, 0.3) is 0 Å². The van der Waals surface area contributed by atoms with Gasteiger partial charge in [0, 0.05) is 29.9 Å². The van der Waals surface area contributed by atoms with Crippen LogP contribution in [0.3, 0.4) is 0 Å². The third kappa shape index (κ3) is 4.26. The summed E-state index contributed by atoms with van der Waals surface area (Å²) in [5.41, 5.74) is 0. The van der Waals surface area contributed by atoms with Crippen molar-refractivity contribution in [2.45, 2.75) is 24.8 Å². The van der Waals surface area contributed by atoms with Crippen molar-refractivity contribution >= 4 is 31.2 Å². The van der Waals surface area contributed by atoms with Crippen LogP contribution in [0, 0.1) is 0 Å². The third-order valence-corrected chi connectivity index (χ3v) is 7.87. The fourth-order valence-electron chi connectivity index (χ4n) is 2.06. The van der Waals surface area contributed by atoms with Crippen LogP contribution in [0.5, 0.6) is 0 Å². The summed E-state index contributed by atoms with van der Waals surface area (Å²) in [7, 11) is -6.65. The Bertz CT molecular complexity index is 665. The van der Waals surface area contributed by atoms with E-state index < -0.39 is 19.9 Å². The first-order valence-electron chi connectivity index (χ1n) is 6.84. The predicted octanol–water partition coefficient (Wildman–Crippen LogP) is 0.667. The molecule has 0 aromatic carbocycles. The standard InChI is InChI=1S/C12H20N2O4S3/c1-2-3-13-9-11-8-12(10-19-11)21(17,18)14-4-6-20(15,16)7-5-14/h8,10,13H,2-7,9H2,1H3. The molecule has 1 aromatic rings. The molecule has 9 heteroatoms. The molecule has 1 fully saturated rings. The molecule has 0 amide bonds. The Morgan fingerprint density at radius 1 is 1.33 bits per heavy atom. The highest BCUT2D eigenvalue weighted by molar-refractivity contribution is 7.92. The second-order valence-corrected chi connectivity index (χ2v) is 10.2. The second kappa shape index (κ2) is 6.74. The van der Waals surface area contributed by atoms with E-state index in [4.69, 9.17) is 0 Å². The molecule has 1 N–H and O–H groups in total. The van der Waals surface area contributed by atoms with Crippen LogP contribution >= 0.6 is 11.3 Å². The molecular formula is C12H20N2O4S3. The zero-order valence-electron chi connectivity index (χ0n) is 11.9. The number of nitrogens with one attached hydrogen (secondary N) is 1. The maximum atomic E-state index is 12.5. The first kappa shape index (κ1) is 16.9. The summed E-state index contributed by atoms with van der Waals surface area (Å²) in [5.74, 6) is -0.192. The largest absolute Gasteiger partial charge is 0.312 e. The van der Waals surface area contributed by atoms with Gasteiger partial charge in [0.1, 0.15) is 0 Å². The van der Waals surface area contributed by atoms with Gasteiger partial charge in [0.05, 0.1) is 16.4 Å². The summed E-state index contributed by atoms with van der Waals surface area (Å²) in [5, 5.41) is 4.86. The van der Waals surface area contributed by atoms with Gasteiger partial charge < -0.3 is 5.32 Å². The molecule has 0 atom stereocenters. The van der Waals surface area contributed by atoms with Crippen molar-refractivity contribution in [2.24, 2.45) is 0 Å². The van der Waals surface area contributed by atoms with Gasteiger partial charge in [0.15, 0.2) is 9.84 Å². The smallest absolute Gasteiger partial charge is 0.243 e. The van der Waals surface area contributed by atoms with E-state index in [0.29, 0.717) is 6.54 Å². The molecule has 2 heterocycles. The minimum Gasteiger partial charge on any atom is -0.312 e. The van der Waals surface area contributed by atoms with Crippen LogP contribution in [-0.2, 0) is 26.4 Å². The predicted molar refractivity (Wildman–Crippen MR) is 83.7 cm³/mol. The zero-order valence-corrected chi connectivity index (χ0v) is 14.4. The number of sulfone groups is 1. The summed E-state index contributed by atoms with van der Waals surface area (Å²) >= 11 is 1.40. The van der Waals surface area contributed by atoms with E-state index >= 15 is 0 Å².